The molecule has 1 aliphatic heterocycles. The lowest BCUT2D eigenvalue weighted by molar-refractivity contribution is -0.131. The number of nitrogens with one attached hydrogen (secondary N) is 2. The largest absolute Gasteiger partial charge is 0.368 e. The minimum Gasteiger partial charge on any atom is -0.368 e. The molecule has 0 aliphatic carbocycles. The number of aliphatic imine (C=N–C) groups is 1. The van der Waals surface area contributed by atoms with Gasteiger partial charge in [0.15, 0.2) is 5.96 Å². The van der Waals surface area contributed by atoms with Crippen LogP contribution in [0, 0.1) is 5.82 Å². The van der Waals surface area contributed by atoms with Gasteiger partial charge in [0, 0.05) is 56.1 Å². The first kappa shape index (κ1) is 23.3. The number of halogens is 1. The van der Waals surface area contributed by atoms with Crippen molar-refractivity contribution in [2.75, 3.05) is 57.0 Å². The van der Waals surface area contributed by atoms with Crippen LogP contribution in [0.2, 0.25) is 0 Å². The van der Waals surface area contributed by atoms with Crippen molar-refractivity contribution in [3.05, 3.63) is 30.1 Å². The molecule has 2 N–H and O–H groups in total. The predicted octanol–water partition coefficient (Wildman–Crippen LogP) is 2.56. The summed E-state index contributed by atoms with van der Waals surface area (Å²) in [6.07, 6.45) is 2.53. The average molecular weight is 424 g/mol. The second kappa shape index (κ2) is 11.3. The first-order valence-corrected chi connectivity index (χ1v) is 11.4. The molecule has 0 bridgehead atoms. The Hall–Kier alpha value is -1.96. The molecular weight excluding hydrogens is 389 g/mol. The third-order valence-corrected chi connectivity index (χ3v) is 6.20. The van der Waals surface area contributed by atoms with E-state index in [1.807, 2.05) is 11.8 Å². The molecule has 0 radical (unpaired) electrons. The molecule has 1 amide bonds. The van der Waals surface area contributed by atoms with Crippen LogP contribution >= 0.6 is 11.8 Å². The second-order valence-corrected chi connectivity index (χ2v) is 9.19. The monoisotopic (exact) mass is 423 g/mol. The molecule has 0 aromatic heterocycles. The number of piperazine rings is 1. The van der Waals surface area contributed by atoms with E-state index in [2.05, 4.69) is 40.6 Å². The number of amides is 1. The molecular formula is C21H34FN5OS. The van der Waals surface area contributed by atoms with Crippen LogP contribution in [0.15, 0.2) is 29.3 Å². The summed E-state index contributed by atoms with van der Waals surface area (Å²) < 4.78 is 13.2. The normalized spacial score (nSPS) is 15.4. The fourth-order valence-corrected chi connectivity index (χ4v) is 3.18. The summed E-state index contributed by atoms with van der Waals surface area (Å²) in [4.78, 5) is 21.3. The summed E-state index contributed by atoms with van der Waals surface area (Å²) in [5.74, 6) is 0.674. The number of hydrogen-bond donors (Lipinski definition) is 2. The number of thioether (sulfide) groups is 1. The zero-order valence-electron chi connectivity index (χ0n) is 18.0. The summed E-state index contributed by atoms with van der Waals surface area (Å²) in [7, 11) is 0. The van der Waals surface area contributed by atoms with Gasteiger partial charge in [-0.05, 0) is 51.3 Å². The Balaban J connectivity index is 1.76. The van der Waals surface area contributed by atoms with Crippen LogP contribution in [0.4, 0.5) is 10.1 Å². The second-order valence-electron chi connectivity index (χ2n) is 7.68. The zero-order valence-corrected chi connectivity index (χ0v) is 18.8. The highest BCUT2D eigenvalue weighted by molar-refractivity contribution is 7.99. The molecule has 1 saturated heterocycles. The summed E-state index contributed by atoms with van der Waals surface area (Å²) in [6, 6.07) is 6.53. The van der Waals surface area contributed by atoms with Gasteiger partial charge in [0.25, 0.3) is 0 Å². The van der Waals surface area contributed by atoms with Gasteiger partial charge in [0.05, 0.1) is 6.54 Å². The molecule has 8 heteroatoms. The van der Waals surface area contributed by atoms with Crippen molar-refractivity contribution in [1.82, 2.24) is 15.5 Å². The lowest BCUT2D eigenvalue weighted by Gasteiger charge is -2.36. The average Bonchev–Trinajstić information content (AvgIpc) is 2.72. The van der Waals surface area contributed by atoms with Gasteiger partial charge in [0.2, 0.25) is 5.91 Å². The Bertz CT molecular complexity index is 672. The van der Waals surface area contributed by atoms with Crippen LogP contribution in [-0.2, 0) is 4.79 Å². The van der Waals surface area contributed by atoms with Gasteiger partial charge in [-0.15, -0.1) is 0 Å². The molecule has 6 nitrogen and oxygen atoms in total. The van der Waals surface area contributed by atoms with Crippen molar-refractivity contribution in [1.29, 1.82) is 0 Å². The molecule has 1 aromatic rings. The third kappa shape index (κ3) is 7.76. The van der Waals surface area contributed by atoms with Gasteiger partial charge in [-0.25, -0.2) is 4.39 Å². The predicted molar refractivity (Wildman–Crippen MR) is 121 cm³/mol. The Labute approximate surface area is 178 Å². The van der Waals surface area contributed by atoms with E-state index in [0.29, 0.717) is 32.6 Å². The smallest absolute Gasteiger partial charge is 0.224 e. The Morgan fingerprint density at radius 1 is 1.17 bits per heavy atom. The third-order valence-electron chi connectivity index (χ3n) is 4.97. The van der Waals surface area contributed by atoms with Gasteiger partial charge in [-0.3, -0.25) is 9.79 Å². The van der Waals surface area contributed by atoms with Crippen molar-refractivity contribution in [3.8, 4) is 0 Å². The summed E-state index contributed by atoms with van der Waals surface area (Å²) >= 11 is 1.79. The molecule has 29 heavy (non-hydrogen) atoms. The van der Waals surface area contributed by atoms with Crippen LogP contribution in [0.5, 0.6) is 0 Å². The Kier molecular flexibility index (Phi) is 9.07. The number of nitrogens with zero attached hydrogens (tertiary/aromatic N) is 3. The van der Waals surface area contributed by atoms with E-state index in [-0.39, 0.29) is 16.5 Å². The fraction of sp³-hybridized carbons (Fsp3) is 0.619. The van der Waals surface area contributed by atoms with E-state index < -0.39 is 0 Å². The standard InChI is InChI=1S/C21H34FN5OS/c1-5-23-20(25-16-21(2,3)29-4)24-11-10-19(28)27-14-12-26(13-15-27)18-8-6-17(22)7-9-18/h6-9H,5,10-16H2,1-4H3,(H2,23,24,25). The lowest BCUT2D eigenvalue weighted by Crippen LogP contribution is -2.49. The summed E-state index contributed by atoms with van der Waals surface area (Å²) in [5.41, 5.74) is 1.000. The topological polar surface area (TPSA) is 60.0 Å². The van der Waals surface area contributed by atoms with Crippen LogP contribution in [0.3, 0.4) is 0 Å². The van der Waals surface area contributed by atoms with E-state index in [4.69, 9.17) is 0 Å². The molecule has 0 saturated carbocycles. The zero-order chi connectivity index (χ0) is 21.3. The van der Waals surface area contributed by atoms with E-state index in [1.54, 1.807) is 23.9 Å². The maximum absolute atomic E-state index is 13.1. The number of guanidine groups is 1. The molecule has 1 fully saturated rings. The molecule has 2 rings (SSSR count). The highest BCUT2D eigenvalue weighted by Gasteiger charge is 2.21. The fourth-order valence-electron chi connectivity index (χ4n) is 2.99. The number of anilines is 1. The lowest BCUT2D eigenvalue weighted by atomic mass is 10.2. The highest BCUT2D eigenvalue weighted by atomic mass is 32.2. The number of carbonyl (C=O) groups is 1. The van der Waals surface area contributed by atoms with Crippen LogP contribution < -0.4 is 15.5 Å². The van der Waals surface area contributed by atoms with Crippen molar-refractivity contribution >= 4 is 29.3 Å². The van der Waals surface area contributed by atoms with Gasteiger partial charge in [-0.1, -0.05) is 0 Å². The molecule has 162 valence electrons. The first-order valence-electron chi connectivity index (χ1n) is 10.2. The number of rotatable bonds is 8. The van der Waals surface area contributed by atoms with Crippen molar-refractivity contribution in [3.63, 3.8) is 0 Å². The van der Waals surface area contributed by atoms with E-state index in [1.165, 1.54) is 12.1 Å². The van der Waals surface area contributed by atoms with Gasteiger partial charge in [-0.2, -0.15) is 11.8 Å². The maximum atomic E-state index is 13.1. The maximum Gasteiger partial charge on any atom is 0.224 e. The number of benzene rings is 1. The Morgan fingerprint density at radius 3 is 2.41 bits per heavy atom. The summed E-state index contributed by atoms with van der Waals surface area (Å²) in [5, 5.41) is 6.50. The molecule has 1 aromatic carbocycles. The van der Waals surface area contributed by atoms with Gasteiger partial charge < -0.3 is 20.4 Å². The highest BCUT2D eigenvalue weighted by Crippen LogP contribution is 2.21. The first-order chi connectivity index (χ1) is 13.8. The van der Waals surface area contributed by atoms with Crippen LogP contribution in [0.1, 0.15) is 27.2 Å². The minimum atomic E-state index is -0.229. The van der Waals surface area contributed by atoms with Crippen molar-refractivity contribution < 1.29 is 9.18 Å². The van der Waals surface area contributed by atoms with Gasteiger partial charge in [0.1, 0.15) is 5.82 Å². The van der Waals surface area contributed by atoms with E-state index in [0.717, 1.165) is 31.3 Å². The molecule has 1 heterocycles. The Morgan fingerprint density at radius 2 is 1.83 bits per heavy atom. The van der Waals surface area contributed by atoms with E-state index in [9.17, 15) is 9.18 Å². The quantitative estimate of drug-likeness (QED) is 0.497. The minimum absolute atomic E-state index is 0.0857. The summed E-state index contributed by atoms with van der Waals surface area (Å²) in [6.45, 7) is 11.3. The number of carbonyl (C=O) groups excluding carboxylic acids is 1. The van der Waals surface area contributed by atoms with Crippen molar-refractivity contribution in [2.45, 2.75) is 31.9 Å². The molecule has 0 atom stereocenters. The molecule has 0 spiro atoms. The SMILES string of the molecule is CCNC(=NCC(C)(C)SC)NCCC(=O)N1CCN(c2ccc(F)cc2)CC1. The molecule has 0 unspecified atom stereocenters. The van der Waals surface area contributed by atoms with Crippen LogP contribution in [0.25, 0.3) is 0 Å². The van der Waals surface area contributed by atoms with Crippen molar-refractivity contribution in [2.24, 2.45) is 4.99 Å². The van der Waals surface area contributed by atoms with Gasteiger partial charge >= 0.3 is 0 Å². The van der Waals surface area contributed by atoms with E-state index >= 15 is 0 Å². The van der Waals surface area contributed by atoms with Crippen LogP contribution in [-0.4, -0.2) is 73.6 Å². The number of hydrogen-bond acceptors (Lipinski definition) is 4. The molecule has 1 aliphatic rings.